The van der Waals surface area contributed by atoms with Crippen molar-refractivity contribution in [2.75, 3.05) is 7.11 Å². The molecule has 0 unspecified atom stereocenters. The van der Waals surface area contributed by atoms with E-state index in [1.807, 2.05) is 0 Å². The molecule has 0 spiro atoms. The number of hydrogen-bond donors (Lipinski definition) is 1. The van der Waals surface area contributed by atoms with Crippen molar-refractivity contribution >= 4 is 0 Å². The molecule has 112 valence electrons. The molecule has 1 saturated carbocycles. The Morgan fingerprint density at radius 3 is 2.76 bits per heavy atom. The van der Waals surface area contributed by atoms with Gasteiger partial charge in [0.1, 0.15) is 17.1 Å². The highest BCUT2D eigenvalue weighted by molar-refractivity contribution is 5.63. The van der Waals surface area contributed by atoms with Crippen LogP contribution in [0.4, 0.5) is 4.39 Å². The summed E-state index contributed by atoms with van der Waals surface area (Å²) in [5.74, 6) is 0.456. The number of nitrogens with zero attached hydrogens (tertiary/aromatic N) is 2. The van der Waals surface area contributed by atoms with Gasteiger partial charge in [0.2, 0.25) is 0 Å². The van der Waals surface area contributed by atoms with Gasteiger partial charge in [0.15, 0.2) is 5.82 Å². The van der Waals surface area contributed by atoms with Gasteiger partial charge in [-0.15, -0.1) is 0 Å². The molecule has 5 nitrogen and oxygen atoms in total. The molecular formula is C15H18FN3O2. The van der Waals surface area contributed by atoms with Crippen molar-refractivity contribution in [1.82, 2.24) is 10.1 Å². The molecule has 0 atom stereocenters. The molecule has 1 aromatic carbocycles. The second-order valence-electron chi connectivity index (χ2n) is 5.46. The number of ether oxygens (including phenoxy) is 1. The second-order valence-corrected chi connectivity index (χ2v) is 5.46. The maximum Gasteiger partial charge on any atom is 0.264 e. The average Bonchev–Trinajstić information content (AvgIpc) is 2.98. The number of benzene rings is 1. The molecule has 2 aromatic rings. The van der Waals surface area contributed by atoms with Gasteiger partial charge in [-0.25, -0.2) is 4.39 Å². The molecule has 1 aliphatic carbocycles. The predicted molar refractivity (Wildman–Crippen MR) is 75.2 cm³/mol. The Morgan fingerprint density at radius 2 is 2.05 bits per heavy atom. The number of rotatable bonds is 3. The highest BCUT2D eigenvalue weighted by Crippen LogP contribution is 2.36. The molecule has 6 heteroatoms. The lowest BCUT2D eigenvalue weighted by atomic mass is 9.82. The molecule has 1 aliphatic rings. The normalized spacial score (nSPS) is 17.7. The minimum Gasteiger partial charge on any atom is -0.496 e. The first-order valence-corrected chi connectivity index (χ1v) is 7.10. The topological polar surface area (TPSA) is 74.2 Å². The van der Waals surface area contributed by atoms with Gasteiger partial charge in [0, 0.05) is 0 Å². The summed E-state index contributed by atoms with van der Waals surface area (Å²) < 4.78 is 24.4. The van der Waals surface area contributed by atoms with E-state index in [9.17, 15) is 4.39 Å². The lowest BCUT2D eigenvalue weighted by Gasteiger charge is -2.29. The molecule has 0 saturated heterocycles. The third-order valence-electron chi connectivity index (χ3n) is 4.03. The summed E-state index contributed by atoms with van der Waals surface area (Å²) in [7, 11) is 1.47. The van der Waals surface area contributed by atoms with E-state index in [2.05, 4.69) is 10.1 Å². The Labute approximate surface area is 122 Å². The molecule has 1 fully saturated rings. The third-order valence-corrected chi connectivity index (χ3v) is 4.03. The molecule has 2 N–H and O–H groups in total. The van der Waals surface area contributed by atoms with Crippen molar-refractivity contribution in [2.45, 2.75) is 37.6 Å². The minimum absolute atomic E-state index is 0.107. The van der Waals surface area contributed by atoms with Crippen LogP contribution in [-0.4, -0.2) is 17.3 Å². The Morgan fingerprint density at radius 1 is 1.29 bits per heavy atom. The van der Waals surface area contributed by atoms with E-state index in [4.69, 9.17) is 15.0 Å². The number of aromatic nitrogens is 2. The average molecular weight is 291 g/mol. The molecule has 0 bridgehead atoms. The Hall–Kier alpha value is -1.95. The van der Waals surface area contributed by atoms with Crippen LogP contribution in [-0.2, 0) is 5.54 Å². The van der Waals surface area contributed by atoms with E-state index in [1.54, 1.807) is 12.1 Å². The van der Waals surface area contributed by atoms with Crippen LogP contribution in [0.3, 0.4) is 0 Å². The summed E-state index contributed by atoms with van der Waals surface area (Å²) in [5.41, 5.74) is 5.98. The van der Waals surface area contributed by atoms with E-state index in [-0.39, 0.29) is 11.5 Å². The maximum absolute atomic E-state index is 14.0. The first-order chi connectivity index (χ1) is 10.1. The van der Waals surface area contributed by atoms with Crippen LogP contribution in [0.1, 0.15) is 37.9 Å². The SMILES string of the molecule is COc1cccc(F)c1-c1nc(C2(N)CCCCC2)no1. The number of methoxy groups -OCH3 is 1. The monoisotopic (exact) mass is 291 g/mol. The van der Waals surface area contributed by atoms with Crippen LogP contribution >= 0.6 is 0 Å². The van der Waals surface area contributed by atoms with Crippen LogP contribution in [0.2, 0.25) is 0 Å². The zero-order chi connectivity index (χ0) is 14.9. The van der Waals surface area contributed by atoms with E-state index < -0.39 is 11.4 Å². The van der Waals surface area contributed by atoms with Gasteiger partial charge in [-0.05, 0) is 25.0 Å². The van der Waals surface area contributed by atoms with Crippen molar-refractivity contribution in [2.24, 2.45) is 5.73 Å². The lowest BCUT2D eigenvalue weighted by Crippen LogP contribution is -2.39. The Kier molecular flexibility index (Phi) is 3.63. The second kappa shape index (κ2) is 5.44. The molecule has 0 radical (unpaired) electrons. The van der Waals surface area contributed by atoms with Crippen molar-refractivity contribution < 1.29 is 13.7 Å². The number of nitrogens with two attached hydrogens (primary N) is 1. The molecule has 21 heavy (non-hydrogen) atoms. The largest absolute Gasteiger partial charge is 0.496 e. The molecule has 3 rings (SSSR count). The molecular weight excluding hydrogens is 273 g/mol. The zero-order valence-corrected chi connectivity index (χ0v) is 11.9. The van der Waals surface area contributed by atoms with Crippen LogP contribution in [0.15, 0.2) is 22.7 Å². The van der Waals surface area contributed by atoms with Gasteiger partial charge in [-0.1, -0.05) is 30.5 Å². The molecule has 0 aliphatic heterocycles. The summed E-state index contributed by atoms with van der Waals surface area (Å²) in [6.45, 7) is 0. The molecule has 0 amide bonds. The Balaban J connectivity index is 1.99. The molecule has 1 heterocycles. The zero-order valence-electron chi connectivity index (χ0n) is 11.9. The summed E-state index contributed by atoms with van der Waals surface area (Å²) in [4.78, 5) is 4.32. The quantitative estimate of drug-likeness (QED) is 0.941. The van der Waals surface area contributed by atoms with Crippen LogP contribution < -0.4 is 10.5 Å². The maximum atomic E-state index is 14.0. The van der Waals surface area contributed by atoms with Crippen LogP contribution in [0, 0.1) is 5.82 Å². The van der Waals surface area contributed by atoms with Crippen LogP contribution in [0.25, 0.3) is 11.5 Å². The number of halogens is 1. The summed E-state index contributed by atoms with van der Waals surface area (Å²) in [5, 5.41) is 3.97. The number of hydrogen-bond acceptors (Lipinski definition) is 5. The van der Waals surface area contributed by atoms with E-state index in [1.165, 1.54) is 19.6 Å². The van der Waals surface area contributed by atoms with Crippen molar-refractivity contribution in [3.8, 4) is 17.2 Å². The predicted octanol–water partition coefficient (Wildman–Crippen LogP) is 3.00. The first-order valence-electron chi connectivity index (χ1n) is 7.10. The highest BCUT2D eigenvalue weighted by Gasteiger charge is 2.35. The van der Waals surface area contributed by atoms with Gasteiger partial charge in [0.25, 0.3) is 5.89 Å². The fourth-order valence-electron chi connectivity index (χ4n) is 2.82. The van der Waals surface area contributed by atoms with E-state index in [0.29, 0.717) is 11.6 Å². The van der Waals surface area contributed by atoms with Gasteiger partial charge >= 0.3 is 0 Å². The smallest absolute Gasteiger partial charge is 0.264 e. The van der Waals surface area contributed by atoms with Gasteiger partial charge in [-0.2, -0.15) is 4.98 Å². The van der Waals surface area contributed by atoms with Gasteiger partial charge < -0.3 is 15.0 Å². The first kappa shape index (κ1) is 14.0. The molecule has 1 aromatic heterocycles. The van der Waals surface area contributed by atoms with Crippen molar-refractivity contribution in [3.63, 3.8) is 0 Å². The minimum atomic E-state index is -0.571. The summed E-state index contributed by atoms with van der Waals surface area (Å²) >= 11 is 0. The lowest BCUT2D eigenvalue weighted by molar-refractivity contribution is 0.275. The Bertz CT molecular complexity index is 636. The van der Waals surface area contributed by atoms with Crippen molar-refractivity contribution in [3.05, 3.63) is 29.8 Å². The van der Waals surface area contributed by atoms with Gasteiger partial charge in [-0.3, -0.25) is 0 Å². The van der Waals surface area contributed by atoms with Crippen LogP contribution in [0.5, 0.6) is 5.75 Å². The van der Waals surface area contributed by atoms with E-state index in [0.717, 1.165) is 25.7 Å². The van der Waals surface area contributed by atoms with Gasteiger partial charge in [0.05, 0.1) is 12.6 Å². The summed E-state index contributed by atoms with van der Waals surface area (Å²) in [6.07, 6.45) is 4.90. The standard InChI is InChI=1S/C15H18FN3O2/c1-20-11-7-5-6-10(16)12(11)13-18-14(19-21-13)15(17)8-3-2-4-9-15/h5-7H,2-4,8-9,17H2,1H3. The third kappa shape index (κ3) is 2.51. The highest BCUT2D eigenvalue weighted by atomic mass is 19.1. The fraction of sp³-hybridized carbons (Fsp3) is 0.467. The fourth-order valence-corrected chi connectivity index (χ4v) is 2.82. The summed E-state index contributed by atoms with van der Waals surface area (Å²) in [6, 6.07) is 4.56. The van der Waals surface area contributed by atoms with Crippen molar-refractivity contribution in [1.29, 1.82) is 0 Å². The van der Waals surface area contributed by atoms with E-state index >= 15 is 0 Å².